The van der Waals surface area contributed by atoms with Crippen molar-refractivity contribution in [2.75, 3.05) is 13.2 Å². The summed E-state index contributed by atoms with van der Waals surface area (Å²) in [4.78, 5) is 0. The maximum atomic E-state index is 13.8. The van der Waals surface area contributed by atoms with Crippen molar-refractivity contribution in [1.29, 1.82) is 0 Å². The SMILES string of the molecule is CC[C@@]1(C)C[C@@](CC[NH2+]Cc2ccccc2F)(c2ccccc2)CCO1. The van der Waals surface area contributed by atoms with Gasteiger partial charge in [0.25, 0.3) is 0 Å². The van der Waals surface area contributed by atoms with Gasteiger partial charge >= 0.3 is 0 Å². The highest BCUT2D eigenvalue weighted by atomic mass is 19.1. The molecule has 1 fully saturated rings. The van der Waals surface area contributed by atoms with Gasteiger partial charge in [-0.3, -0.25) is 0 Å². The molecule has 0 spiro atoms. The van der Waals surface area contributed by atoms with E-state index >= 15 is 0 Å². The van der Waals surface area contributed by atoms with Crippen molar-refractivity contribution in [1.82, 2.24) is 0 Å². The molecule has 1 heterocycles. The number of hydrogen-bond acceptors (Lipinski definition) is 1. The van der Waals surface area contributed by atoms with Crippen LogP contribution < -0.4 is 5.32 Å². The van der Waals surface area contributed by atoms with Crippen LogP contribution in [0.1, 0.15) is 50.7 Å². The maximum Gasteiger partial charge on any atom is 0.132 e. The van der Waals surface area contributed by atoms with E-state index in [4.69, 9.17) is 4.74 Å². The molecule has 2 nitrogen and oxygen atoms in total. The van der Waals surface area contributed by atoms with Gasteiger partial charge in [0, 0.05) is 24.0 Å². The Hall–Kier alpha value is -1.71. The van der Waals surface area contributed by atoms with Gasteiger partial charge in [0.15, 0.2) is 0 Å². The average molecular weight is 357 g/mol. The van der Waals surface area contributed by atoms with Crippen LogP contribution in [0.25, 0.3) is 0 Å². The van der Waals surface area contributed by atoms with Crippen molar-refractivity contribution >= 4 is 0 Å². The molecule has 0 saturated carbocycles. The van der Waals surface area contributed by atoms with Crippen LogP contribution in [0.4, 0.5) is 4.39 Å². The highest BCUT2D eigenvalue weighted by molar-refractivity contribution is 5.27. The van der Waals surface area contributed by atoms with Gasteiger partial charge in [0.2, 0.25) is 0 Å². The summed E-state index contributed by atoms with van der Waals surface area (Å²) < 4.78 is 19.9. The molecule has 2 aromatic carbocycles. The Morgan fingerprint density at radius 2 is 1.81 bits per heavy atom. The van der Waals surface area contributed by atoms with Crippen LogP contribution in [0.3, 0.4) is 0 Å². The van der Waals surface area contributed by atoms with Gasteiger partial charge in [-0.25, -0.2) is 4.39 Å². The van der Waals surface area contributed by atoms with Gasteiger partial charge in [-0.15, -0.1) is 0 Å². The van der Waals surface area contributed by atoms with Crippen LogP contribution in [0, 0.1) is 5.82 Å². The van der Waals surface area contributed by atoms with E-state index < -0.39 is 0 Å². The fraction of sp³-hybridized carbons (Fsp3) is 0.478. The van der Waals surface area contributed by atoms with Crippen molar-refractivity contribution in [3.05, 3.63) is 71.5 Å². The number of rotatable bonds is 7. The number of nitrogens with two attached hydrogens (primary N) is 1. The van der Waals surface area contributed by atoms with Crippen molar-refractivity contribution in [2.45, 2.75) is 57.1 Å². The van der Waals surface area contributed by atoms with Crippen molar-refractivity contribution in [3.8, 4) is 0 Å². The smallest absolute Gasteiger partial charge is 0.132 e. The molecular weight excluding hydrogens is 325 g/mol. The topological polar surface area (TPSA) is 25.8 Å². The van der Waals surface area contributed by atoms with Crippen LogP contribution >= 0.6 is 0 Å². The van der Waals surface area contributed by atoms with Crippen molar-refractivity contribution < 1.29 is 14.4 Å². The van der Waals surface area contributed by atoms with Crippen molar-refractivity contribution in [2.24, 2.45) is 0 Å². The van der Waals surface area contributed by atoms with Crippen LogP contribution in [-0.4, -0.2) is 18.8 Å². The molecule has 0 aliphatic carbocycles. The third-order valence-corrected chi connectivity index (χ3v) is 6.03. The van der Waals surface area contributed by atoms with Crippen LogP contribution in [0.15, 0.2) is 54.6 Å². The highest BCUT2D eigenvalue weighted by Crippen LogP contribution is 2.44. The number of benzene rings is 2. The second-order valence-electron chi connectivity index (χ2n) is 7.85. The molecule has 3 heteroatoms. The highest BCUT2D eigenvalue weighted by Gasteiger charge is 2.43. The van der Waals surface area contributed by atoms with Gasteiger partial charge in [0.1, 0.15) is 12.4 Å². The number of quaternary nitrogens is 1. The summed E-state index contributed by atoms with van der Waals surface area (Å²) in [6.07, 6.45) is 4.22. The summed E-state index contributed by atoms with van der Waals surface area (Å²) in [5.41, 5.74) is 2.30. The van der Waals surface area contributed by atoms with Gasteiger partial charge in [0.05, 0.1) is 12.1 Å². The Kier molecular flexibility index (Phi) is 6.10. The molecule has 0 bridgehead atoms. The first-order chi connectivity index (χ1) is 12.6. The first-order valence-electron chi connectivity index (χ1n) is 9.81. The summed E-state index contributed by atoms with van der Waals surface area (Å²) in [5.74, 6) is -0.105. The molecule has 0 unspecified atom stereocenters. The van der Waals surface area contributed by atoms with Crippen molar-refractivity contribution in [3.63, 3.8) is 0 Å². The maximum absolute atomic E-state index is 13.8. The van der Waals surface area contributed by atoms with Crippen LogP contribution in [0.2, 0.25) is 0 Å². The summed E-state index contributed by atoms with van der Waals surface area (Å²) in [5, 5.41) is 2.24. The Morgan fingerprint density at radius 3 is 2.54 bits per heavy atom. The molecule has 0 radical (unpaired) electrons. The van der Waals surface area contributed by atoms with E-state index in [-0.39, 0.29) is 16.8 Å². The third-order valence-electron chi connectivity index (χ3n) is 6.03. The van der Waals surface area contributed by atoms with E-state index in [1.165, 1.54) is 5.56 Å². The van der Waals surface area contributed by atoms with Crippen LogP contribution in [-0.2, 0) is 16.7 Å². The lowest BCUT2D eigenvalue weighted by Gasteiger charge is -2.46. The predicted molar refractivity (Wildman–Crippen MR) is 104 cm³/mol. The van der Waals surface area contributed by atoms with E-state index in [0.717, 1.165) is 44.4 Å². The Bertz CT molecular complexity index is 704. The van der Waals surface area contributed by atoms with E-state index in [1.807, 2.05) is 12.1 Å². The summed E-state index contributed by atoms with van der Waals surface area (Å²) in [7, 11) is 0. The second-order valence-corrected chi connectivity index (χ2v) is 7.85. The second kappa shape index (κ2) is 8.32. The molecule has 2 aromatic rings. The van der Waals surface area contributed by atoms with Gasteiger partial charge in [-0.05, 0) is 37.8 Å². The minimum atomic E-state index is -0.105. The number of halogens is 1. The normalized spacial score (nSPS) is 26.0. The quantitative estimate of drug-likeness (QED) is 0.740. The molecule has 3 rings (SSSR count). The minimum absolute atomic E-state index is 0.0559. The predicted octanol–water partition coefficient (Wildman–Crippen LogP) is 4.20. The zero-order valence-electron chi connectivity index (χ0n) is 16.0. The molecule has 0 amide bonds. The molecular formula is C23H31FNO+. The first kappa shape index (κ1) is 19.1. The monoisotopic (exact) mass is 356 g/mol. The van der Waals surface area contributed by atoms with E-state index in [1.54, 1.807) is 12.1 Å². The largest absolute Gasteiger partial charge is 0.375 e. The molecule has 1 aliphatic heterocycles. The summed E-state index contributed by atoms with van der Waals surface area (Å²) in [6, 6.07) is 18.0. The summed E-state index contributed by atoms with van der Waals surface area (Å²) >= 11 is 0. The van der Waals surface area contributed by atoms with E-state index in [2.05, 4.69) is 49.5 Å². The number of ether oxygens (including phenoxy) is 1. The lowest BCUT2D eigenvalue weighted by atomic mass is 9.66. The van der Waals surface area contributed by atoms with Gasteiger partial charge < -0.3 is 10.1 Å². The van der Waals surface area contributed by atoms with E-state index in [9.17, 15) is 4.39 Å². The lowest BCUT2D eigenvalue weighted by Crippen LogP contribution is -2.83. The number of hydrogen-bond donors (Lipinski definition) is 1. The minimum Gasteiger partial charge on any atom is -0.375 e. The fourth-order valence-electron chi connectivity index (χ4n) is 4.27. The Balaban J connectivity index is 1.70. The summed E-state index contributed by atoms with van der Waals surface area (Å²) in [6.45, 7) is 6.95. The molecule has 1 saturated heterocycles. The lowest BCUT2D eigenvalue weighted by molar-refractivity contribution is -0.672. The molecule has 26 heavy (non-hydrogen) atoms. The molecule has 2 atom stereocenters. The first-order valence-corrected chi connectivity index (χ1v) is 9.81. The van der Waals surface area contributed by atoms with Gasteiger partial charge in [-0.2, -0.15) is 0 Å². The average Bonchev–Trinajstić information content (AvgIpc) is 2.67. The van der Waals surface area contributed by atoms with E-state index in [0.29, 0.717) is 6.54 Å². The van der Waals surface area contributed by atoms with Crippen LogP contribution in [0.5, 0.6) is 0 Å². The molecule has 1 aliphatic rings. The molecule has 2 N–H and O–H groups in total. The standard InChI is InChI=1S/C23H30FNO/c1-3-22(2)18-23(14-16-26-22,20-10-5-4-6-11-20)13-15-25-17-19-9-7-8-12-21(19)24/h4-12,25H,3,13-18H2,1-2H3/p+1/t22-,23-/m0/s1. The van der Waals surface area contributed by atoms with Gasteiger partial charge in [-0.1, -0.05) is 55.5 Å². The zero-order valence-corrected chi connectivity index (χ0v) is 16.0. The zero-order chi connectivity index (χ0) is 18.5. The molecule has 140 valence electrons. The Morgan fingerprint density at radius 1 is 1.08 bits per heavy atom. The third kappa shape index (κ3) is 4.33. The molecule has 0 aromatic heterocycles. The Labute approximate surface area is 156 Å². The fourth-order valence-corrected chi connectivity index (χ4v) is 4.27.